The molecule has 0 saturated carbocycles. The van der Waals surface area contributed by atoms with Crippen molar-refractivity contribution < 1.29 is 27.6 Å². The second-order valence-corrected chi connectivity index (χ2v) is 7.77. The Kier molecular flexibility index (Phi) is 6.07. The average Bonchev–Trinajstić information content (AvgIpc) is 3.03. The summed E-state index contributed by atoms with van der Waals surface area (Å²) in [6.07, 6.45) is -5.97. The van der Waals surface area contributed by atoms with E-state index in [0.717, 1.165) is 10.5 Å². The normalized spacial score (nSPS) is 20.4. The lowest BCUT2D eigenvalue weighted by molar-refractivity contribution is -0.163. The minimum atomic E-state index is -4.55. The number of hydrogen-bond donors (Lipinski definition) is 0. The number of amides is 3. The fraction of sp³-hybridized carbons (Fsp3) is 0.526. The predicted octanol–water partition coefficient (Wildman–Crippen LogP) is 2.62. The number of anilines is 1. The van der Waals surface area contributed by atoms with Crippen molar-refractivity contribution in [1.82, 2.24) is 9.80 Å². The molecule has 2 heterocycles. The number of halogens is 4. The van der Waals surface area contributed by atoms with Crippen molar-refractivity contribution >= 4 is 35.0 Å². The monoisotopic (exact) mass is 431 g/mol. The van der Waals surface area contributed by atoms with Crippen LogP contribution in [0.3, 0.4) is 0 Å². The molecule has 1 unspecified atom stereocenters. The first-order valence-electron chi connectivity index (χ1n) is 9.25. The quantitative estimate of drug-likeness (QED) is 0.739. The summed E-state index contributed by atoms with van der Waals surface area (Å²) in [6.45, 7) is 2.50. The van der Waals surface area contributed by atoms with Crippen LogP contribution >= 0.6 is 11.6 Å². The number of nitrogens with zero attached hydrogens (tertiary/aromatic N) is 3. The third-order valence-corrected chi connectivity index (χ3v) is 5.47. The van der Waals surface area contributed by atoms with Gasteiger partial charge in [-0.05, 0) is 24.6 Å². The molecule has 1 aromatic carbocycles. The Hall–Kier alpha value is -2.29. The van der Waals surface area contributed by atoms with Crippen LogP contribution < -0.4 is 4.90 Å². The molecule has 6 nitrogen and oxygen atoms in total. The van der Waals surface area contributed by atoms with Gasteiger partial charge in [-0.3, -0.25) is 14.4 Å². The molecule has 0 aliphatic carbocycles. The topological polar surface area (TPSA) is 60.9 Å². The van der Waals surface area contributed by atoms with E-state index < -0.39 is 24.4 Å². The van der Waals surface area contributed by atoms with Gasteiger partial charge in [-0.1, -0.05) is 17.7 Å². The zero-order valence-electron chi connectivity index (χ0n) is 15.8. The molecule has 29 heavy (non-hydrogen) atoms. The van der Waals surface area contributed by atoms with Crippen LogP contribution in [0.25, 0.3) is 0 Å². The largest absolute Gasteiger partial charge is 0.397 e. The van der Waals surface area contributed by atoms with Crippen molar-refractivity contribution in [2.45, 2.75) is 25.9 Å². The first-order chi connectivity index (χ1) is 13.5. The summed E-state index contributed by atoms with van der Waals surface area (Å²) < 4.78 is 37.1. The number of benzene rings is 1. The zero-order chi connectivity index (χ0) is 21.3. The summed E-state index contributed by atoms with van der Waals surface area (Å²) >= 11 is 6.03. The standard InChI is InChI=1S/C19H21ClF3N3O3/c1-12-2-3-14(20)9-15(12)26-11-13(8-16(26)27)18(29)25-6-4-24(5-7-25)17(28)10-19(21,22)23/h2-3,9,13H,4-8,10-11H2,1H3. The molecule has 2 aliphatic rings. The van der Waals surface area contributed by atoms with Crippen LogP contribution in [0.5, 0.6) is 0 Å². The maximum atomic E-state index is 12.8. The van der Waals surface area contributed by atoms with Crippen molar-refractivity contribution in [2.24, 2.45) is 5.92 Å². The molecule has 1 aromatic rings. The Morgan fingerprint density at radius 1 is 1.14 bits per heavy atom. The fourth-order valence-electron chi connectivity index (χ4n) is 3.70. The third kappa shape index (κ3) is 5.01. The van der Waals surface area contributed by atoms with E-state index in [1.54, 1.807) is 23.1 Å². The van der Waals surface area contributed by atoms with E-state index in [1.165, 1.54) is 4.90 Å². The van der Waals surface area contributed by atoms with Crippen LogP contribution in [-0.4, -0.2) is 66.4 Å². The number of piperazine rings is 1. The summed E-state index contributed by atoms with van der Waals surface area (Å²) in [5, 5.41) is 0.493. The second-order valence-electron chi connectivity index (χ2n) is 7.33. The first-order valence-corrected chi connectivity index (χ1v) is 9.63. The van der Waals surface area contributed by atoms with Crippen molar-refractivity contribution in [3.8, 4) is 0 Å². The number of rotatable bonds is 3. The van der Waals surface area contributed by atoms with Gasteiger partial charge in [0.1, 0.15) is 6.42 Å². The van der Waals surface area contributed by atoms with Gasteiger partial charge in [-0.25, -0.2) is 0 Å². The van der Waals surface area contributed by atoms with Crippen LogP contribution in [-0.2, 0) is 14.4 Å². The number of hydrogen-bond acceptors (Lipinski definition) is 3. The molecule has 3 rings (SSSR count). The van der Waals surface area contributed by atoms with Crippen LogP contribution in [0.15, 0.2) is 18.2 Å². The van der Waals surface area contributed by atoms with Gasteiger partial charge in [0.2, 0.25) is 17.7 Å². The van der Waals surface area contributed by atoms with Gasteiger partial charge in [0.05, 0.1) is 5.92 Å². The minimum absolute atomic E-state index is 0.0540. The smallest absolute Gasteiger partial charge is 0.339 e. The molecule has 10 heteroatoms. The summed E-state index contributed by atoms with van der Waals surface area (Å²) in [5.41, 5.74) is 1.54. The number of carbonyl (C=O) groups excluding carboxylic acids is 3. The average molecular weight is 432 g/mol. The Bertz CT molecular complexity index is 823. The van der Waals surface area contributed by atoms with Crippen molar-refractivity contribution in [2.75, 3.05) is 37.6 Å². The highest BCUT2D eigenvalue weighted by atomic mass is 35.5. The van der Waals surface area contributed by atoms with Gasteiger partial charge in [0, 0.05) is 49.9 Å². The van der Waals surface area contributed by atoms with Gasteiger partial charge in [-0.15, -0.1) is 0 Å². The Morgan fingerprint density at radius 3 is 2.38 bits per heavy atom. The SMILES string of the molecule is Cc1ccc(Cl)cc1N1CC(C(=O)N2CCN(C(=O)CC(F)(F)F)CC2)CC1=O. The third-order valence-electron chi connectivity index (χ3n) is 5.23. The molecular weight excluding hydrogens is 411 g/mol. The van der Waals surface area contributed by atoms with E-state index in [9.17, 15) is 27.6 Å². The van der Waals surface area contributed by atoms with E-state index >= 15 is 0 Å². The zero-order valence-corrected chi connectivity index (χ0v) is 16.6. The van der Waals surface area contributed by atoms with Crippen molar-refractivity contribution in [3.63, 3.8) is 0 Å². The maximum Gasteiger partial charge on any atom is 0.397 e. The molecule has 3 amide bonds. The summed E-state index contributed by atoms with van der Waals surface area (Å²) in [6, 6.07) is 5.22. The molecule has 158 valence electrons. The molecule has 2 fully saturated rings. The van der Waals surface area contributed by atoms with Gasteiger partial charge >= 0.3 is 6.18 Å². The summed E-state index contributed by atoms with van der Waals surface area (Å²) in [7, 11) is 0. The Balaban J connectivity index is 1.59. The molecule has 0 aromatic heterocycles. The molecule has 1 atom stereocenters. The van der Waals surface area contributed by atoms with Crippen molar-refractivity contribution in [1.29, 1.82) is 0 Å². The van der Waals surface area contributed by atoms with Crippen molar-refractivity contribution in [3.05, 3.63) is 28.8 Å². The lowest BCUT2D eigenvalue weighted by atomic mass is 10.1. The highest BCUT2D eigenvalue weighted by Crippen LogP contribution is 2.31. The first kappa shape index (κ1) is 21.4. The Morgan fingerprint density at radius 2 is 1.76 bits per heavy atom. The van der Waals surface area contributed by atoms with Crippen LogP contribution in [0.1, 0.15) is 18.4 Å². The highest BCUT2D eigenvalue weighted by Gasteiger charge is 2.39. The van der Waals surface area contributed by atoms with E-state index in [-0.39, 0.29) is 51.0 Å². The number of carbonyl (C=O) groups is 3. The Labute approximate surface area is 171 Å². The van der Waals surface area contributed by atoms with Gasteiger partial charge in [0.25, 0.3) is 0 Å². The molecule has 0 spiro atoms. The number of alkyl halides is 3. The van der Waals surface area contributed by atoms with Crippen LogP contribution in [0.2, 0.25) is 5.02 Å². The highest BCUT2D eigenvalue weighted by molar-refractivity contribution is 6.31. The molecular formula is C19H21ClF3N3O3. The molecule has 0 radical (unpaired) electrons. The molecule has 2 aliphatic heterocycles. The molecule has 2 saturated heterocycles. The maximum absolute atomic E-state index is 12.8. The van der Waals surface area contributed by atoms with Crippen LogP contribution in [0, 0.1) is 12.8 Å². The molecule has 0 N–H and O–H groups in total. The molecule has 0 bridgehead atoms. The van der Waals surface area contributed by atoms with Gasteiger partial charge in [-0.2, -0.15) is 13.2 Å². The van der Waals surface area contributed by atoms with Gasteiger partial charge < -0.3 is 14.7 Å². The van der Waals surface area contributed by atoms with E-state index in [4.69, 9.17) is 11.6 Å². The summed E-state index contributed by atoms with van der Waals surface area (Å²) in [5.74, 6) is -1.90. The lowest BCUT2D eigenvalue weighted by Gasteiger charge is -2.36. The predicted molar refractivity (Wildman–Crippen MR) is 100 cm³/mol. The summed E-state index contributed by atoms with van der Waals surface area (Å²) in [4.78, 5) is 41.2. The second kappa shape index (κ2) is 8.22. The minimum Gasteiger partial charge on any atom is -0.339 e. The van der Waals surface area contributed by atoms with Gasteiger partial charge in [0.15, 0.2) is 0 Å². The van der Waals surface area contributed by atoms with Crippen LogP contribution in [0.4, 0.5) is 18.9 Å². The number of aryl methyl sites for hydroxylation is 1. The van der Waals surface area contributed by atoms with E-state index in [1.807, 2.05) is 6.92 Å². The van der Waals surface area contributed by atoms with E-state index in [0.29, 0.717) is 10.7 Å². The fourth-order valence-corrected chi connectivity index (χ4v) is 3.86. The van der Waals surface area contributed by atoms with E-state index in [2.05, 4.69) is 0 Å². The lowest BCUT2D eigenvalue weighted by Crippen LogP contribution is -2.52.